The van der Waals surface area contributed by atoms with Crippen LogP contribution in [0.1, 0.15) is 34.1 Å². The third-order valence-corrected chi connectivity index (χ3v) is 4.64. The molecule has 0 aliphatic heterocycles. The van der Waals surface area contributed by atoms with Crippen molar-refractivity contribution in [3.8, 4) is 0 Å². The van der Waals surface area contributed by atoms with Crippen LogP contribution in [-0.4, -0.2) is 8.80 Å². The molecule has 0 N–H and O–H groups in total. The number of hydrogen-bond acceptors (Lipinski definition) is 3. The Labute approximate surface area is 99.8 Å². The topological polar surface area (TPSA) is 27.7 Å². The smallest absolute Gasteiger partial charge is 0.488 e. The molecule has 0 atom stereocenters. The molecule has 0 spiro atoms. The Morgan fingerprint density at radius 1 is 0.875 bits per heavy atom. The summed E-state index contributed by atoms with van der Waals surface area (Å²) < 4.78 is 17.0. The fourth-order valence-electron chi connectivity index (χ4n) is 1.32. The molecule has 0 aromatic heterocycles. The summed E-state index contributed by atoms with van der Waals surface area (Å²) in [6, 6.07) is 0.708. The molecule has 0 amide bonds. The van der Waals surface area contributed by atoms with E-state index in [-0.39, 0.29) is 0 Å². The van der Waals surface area contributed by atoms with E-state index in [9.17, 15) is 0 Å². The van der Waals surface area contributed by atoms with Gasteiger partial charge in [0.05, 0.1) is 23.3 Å². The molecule has 0 bridgehead atoms. The molecule has 0 aromatic rings. The number of rotatable bonds is 8. The standard InChI is InChI=1S/C12H22O3Si/c1-8-9-16(13-10(2)3,14-11(4)5)15-12(6)7/h2,4,6,8-9H2,1,3,5,7H3. The average Bonchev–Trinajstić information content (AvgIpc) is 1.98. The van der Waals surface area contributed by atoms with Gasteiger partial charge in [0.1, 0.15) is 0 Å². The molecule has 92 valence electrons. The summed E-state index contributed by atoms with van der Waals surface area (Å²) in [6.07, 6.45) is 0.903. The van der Waals surface area contributed by atoms with Crippen molar-refractivity contribution in [3.63, 3.8) is 0 Å². The molecule has 3 nitrogen and oxygen atoms in total. The van der Waals surface area contributed by atoms with Gasteiger partial charge in [-0.25, -0.2) is 0 Å². The molecular weight excluding hydrogens is 220 g/mol. The zero-order valence-electron chi connectivity index (χ0n) is 10.8. The maximum Gasteiger partial charge on any atom is 0.698 e. The van der Waals surface area contributed by atoms with Crippen molar-refractivity contribution in [2.24, 2.45) is 0 Å². The fraction of sp³-hybridized carbons (Fsp3) is 0.500. The Hall–Kier alpha value is -1.16. The molecule has 0 rings (SSSR count). The molecule has 0 radical (unpaired) electrons. The van der Waals surface area contributed by atoms with E-state index in [1.807, 2.05) is 6.92 Å². The maximum absolute atomic E-state index is 5.68. The fourth-order valence-corrected chi connectivity index (χ4v) is 3.95. The Balaban J connectivity index is 4.93. The van der Waals surface area contributed by atoms with E-state index >= 15 is 0 Å². The van der Waals surface area contributed by atoms with Gasteiger partial charge in [-0.15, -0.1) is 0 Å². The Bertz CT molecular complexity index is 243. The predicted octanol–water partition coefficient (Wildman–Crippen LogP) is 3.99. The zero-order chi connectivity index (χ0) is 12.8. The highest BCUT2D eigenvalue weighted by atomic mass is 28.4. The van der Waals surface area contributed by atoms with Crippen LogP contribution in [0.25, 0.3) is 0 Å². The van der Waals surface area contributed by atoms with Crippen molar-refractivity contribution in [3.05, 3.63) is 37.0 Å². The molecule has 0 saturated carbocycles. The summed E-state index contributed by atoms with van der Waals surface area (Å²) in [5.74, 6) is 1.76. The normalized spacial score (nSPS) is 10.5. The van der Waals surface area contributed by atoms with Crippen molar-refractivity contribution in [2.45, 2.75) is 40.2 Å². The Kier molecular flexibility index (Phi) is 5.96. The van der Waals surface area contributed by atoms with Crippen LogP contribution in [0.3, 0.4) is 0 Å². The maximum atomic E-state index is 5.68. The van der Waals surface area contributed by atoms with Crippen LogP contribution in [0.5, 0.6) is 0 Å². The second-order valence-corrected chi connectivity index (χ2v) is 6.32. The van der Waals surface area contributed by atoms with Crippen molar-refractivity contribution in [1.82, 2.24) is 0 Å². The van der Waals surface area contributed by atoms with E-state index < -0.39 is 8.80 Å². The van der Waals surface area contributed by atoms with Gasteiger partial charge in [0.15, 0.2) is 0 Å². The van der Waals surface area contributed by atoms with Crippen molar-refractivity contribution in [1.29, 1.82) is 0 Å². The van der Waals surface area contributed by atoms with E-state index in [4.69, 9.17) is 13.3 Å². The Morgan fingerprint density at radius 3 is 1.38 bits per heavy atom. The van der Waals surface area contributed by atoms with Gasteiger partial charge >= 0.3 is 8.80 Å². The summed E-state index contributed by atoms with van der Waals surface area (Å²) >= 11 is 0. The van der Waals surface area contributed by atoms with E-state index in [0.717, 1.165) is 6.42 Å². The first-order chi connectivity index (χ1) is 7.31. The van der Waals surface area contributed by atoms with Gasteiger partial charge in [0, 0.05) is 0 Å². The lowest BCUT2D eigenvalue weighted by molar-refractivity contribution is 0.144. The van der Waals surface area contributed by atoms with Crippen LogP contribution in [0.4, 0.5) is 0 Å². The monoisotopic (exact) mass is 242 g/mol. The highest BCUT2D eigenvalue weighted by Gasteiger charge is 2.47. The van der Waals surface area contributed by atoms with Gasteiger partial charge in [-0.3, -0.25) is 0 Å². The first-order valence-electron chi connectivity index (χ1n) is 5.35. The quantitative estimate of drug-likeness (QED) is 0.476. The summed E-state index contributed by atoms with van der Waals surface area (Å²) in [4.78, 5) is 0. The van der Waals surface area contributed by atoms with Crippen LogP contribution in [0.15, 0.2) is 37.0 Å². The van der Waals surface area contributed by atoms with Gasteiger partial charge in [0.2, 0.25) is 0 Å². The molecule has 0 aliphatic rings. The number of hydrogen-bond donors (Lipinski definition) is 0. The van der Waals surface area contributed by atoms with Crippen LogP contribution in [0.2, 0.25) is 6.04 Å². The highest BCUT2D eigenvalue weighted by molar-refractivity contribution is 6.61. The van der Waals surface area contributed by atoms with Gasteiger partial charge in [0.25, 0.3) is 0 Å². The summed E-state index contributed by atoms with van der Waals surface area (Å²) in [6.45, 7) is 18.6. The molecule has 0 fully saturated rings. The second-order valence-electron chi connectivity index (χ2n) is 3.85. The van der Waals surface area contributed by atoms with Crippen LogP contribution in [0, 0.1) is 0 Å². The van der Waals surface area contributed by atoms with E-state index in [0.29, 0.717) is 23.3 Å². The third-order valence-electron chi connectivity index (χ3n) is 1.55. The minimum absolute atomic E-state index is 0.586. The van der Waals surface area contributed by atoms with Crippen LogP contribution < -0.4 is 0 Å². The summed E-state index contributed by atoms with van der Waals surface area (Å²) in [5.41, 5.74) is 0. The minimum atomic E-state index is -2.78. The van der Waals surface area contributed by atoms with Crippen molar-refractivity contribution < 1.29 is 13.3 Å². The zero-order valence-corrected chi connectivity index (χ0v) is 11.8. The SMILES string of the molecule is C=C(C)O[Si](CCC)(OC(=C)C)OC(=C)C. The van der Waals surface area contributed by atoms with Gasteiger partial charge < -0.3 is 13.3 Å². The van der Waals surface area contributed by atoms with Gasteiger partial charge in [-0.05, 0) is 27.2 Å². The second kappa shape index (κ2) is 6.43. The van der Waals surface area contributed by atoms with E-state index in [1.54, 1.807) is 20.8 Å². The third kappa shape index (κ3) is 5.65. The molecule has 0 unspecified atom stereocenters. The molecule has 4 heteroatoms. The summed E-state index contributed by atoms with van der Waals surface area (Å²) in [7, 11) is -2.78. The van der Waals surface area contributed by atoms with Crippen LogP contribution in [-0.2, 0) is 13.3 Å². The van der Waals surface area contributed by atoms with Crippen molar-refractivity contribution in [2.75, 3.05) is 0 Å². The van der Waals surface area contributed by atoms with Crippen LogP contribution >= 0.6 is 0 Å². The molecule has 0 saturated heterocycles. The molecular formula is C12H22O3Si. The molecule has 0 aromatic carbocycles. The molecule has 16 heavy (non-hydrogen) atoms. The van der Waals surface area contributed by atoms with Gasteiger partial charge in [-0.1, -0.05) is 26.7 Å². The lowest BCUT2D eigenvalue weighted by Crippen LogP contribution is -2.44. The predicted molar refractivity (Wildman–Crippen MR) is 68.5 cm³/mol. The molecule has 0 aliphatic carbocycles. The van der Waals surface area contributed by atoms with E-state index in [2.05, 4.69) is 19.7 Å². The lowest BCUT2D eigenvalue weighted by Gasteiger charge is -2.30. The number of allylic oxidation sites excluding steroid dienone is 3. The van der Waals surface area contributed by atoms with Crippen molar-refractivity contribution >= 4 is 8.80 Å². The first kappa shape index (κ1) is 14.8. The molecule has 0 heterocycles. The highest BCUT2D eigenvalue weighted by Crippen LogP contribution is 2.25. The van der Waals surface area contributed by atoms with E-state index in [1.165, 1.54) is 0 Å². The Morgan fingerprint density at radius 2 is 1.19 bits per heavy atom. The average molecular weight is 242 g/mol. The minimum Gasteiger partial charge on any atom is -0.488 e. The summed E-state index contributed by atoms with van der Waals surface area (Å²) in [5, 5.41) is 0. The largest absolute Gasteiger partial charge is 0.698 e. The first-order valence-corrected chi connectivity index (χ1v) is 7.28. The lowest BCUT2D eigenvalue weighted by atomic mass is 10.6. The van der Waals surface area contributed by atoms with Gasteiger partial charge in [-0.2, -0.15) is 0 Å².